The van der Waals surface area contributed by atoms with E-state index in [9.17, 15) is 4.79 Å². The van der Waals surface area contributed by atoms with Gasteiger partial charge < -0.3 is 25.0 Å². The van der Waals surface area contributed by atoms with Crippen molar-refractivity contribution in [3.8, 4) is 0 Å². The topological polar surface area (TPSA) is 88.1 Å². The molecule has 0 saturated carbocycles. The summed E-state index contributed by atoms with van der Waals surface area (Å²) in [6.45, 7) is 14.5. The van der Waals surface area contributed by atoms with E-state index >= 15 is 0 Å². The summed E-state index contributed by atoms with van der Waals surface area (Å²) >= 11 is 0. The highest BCUT2D eigenvalue weighted by atomic mass is 16.6. The lowest BCUT2D eigenvalue weighted by molar-refractivity contribution is 0.0232. The number of pyridine rings is 1. The van der Waals surface area contributed by atoms with E-state index in [1.165, 1.54) is 0 Å². The molecule has 0 atom stereocenters. The fraction of sp³-hybridized carbons (Fsp3) is 0.696. The van der Waals surface area contributed by atoms with E-state index in [1.54, 1.807) is 17.3 Å². The Bertz CT molecular complexity index is 632. The zero-order valence-electron chi connectivity index (χ0n) is 19.9. The van der Waals surface area contributed by atoms with E-state index < -0.39 is 5.60 Å². The van der Waals surface area contributed by atoms with Crippen molar-refractivity contribution in [3.63, 3.8) is 0 Å². The normalized spacial score (nSPS) is 11.8. The summed E-state index contributed by atoms with van der Waals surface area (Å²) in [6.07, 6.45) is 5.97. The summed E-state index contributed by atoms with van der Waals surface area (Å²) in [5.74, 6) is 0.801. The Balaban J connectivity index is 2.55. The van der Waals surface area contributed by atoms with Gasteiger partial charge in [0.05, 0.1) is 6.54 Å². The molecule has 0 aliphatic rings. The average molecular weight is 436 g/mol. The lowest BCUT2D eigenvalue weighted by atomic mass is 10.2. The SMILES string of the molecule is CCNC(=NCCCN(Cc1cccnc1)C(=O)OC(C)(C)C)NCCCCOCC. The van der Waals surface area contributed by atoms with Gasteiger partial charge in [0.1, 0.15) is 5.60 Å². The number of aliphatic imine (C=N–C) groups is 1. The van der Waals surface area contributed by atoms with Crippen LogP contribution in [-0.4, -0.2) is 66.9 Å². The van der Waals surface area contributed by atoms with Crippen molar-refractivity contribution in [2.24, 2.45) is 4.99 Å². The first kappa shape index (κ1) is 26.7. The maximum Gasteiger partial charge on any atom is 0.410 e. The van der Waals surface area contributed by atoms with Gasteiger partial charge in [-0.25, -0.2) is 4.79 Å². The molecule has 0 fully saturated rings. The van der Waals surface area contributed by atoms with Gasteiger partial charge in [0, 0.05) is 51.8 Å². The molecule has 176 valence electrons. The highest BCUT2D eigenvalue weighted by molar-refractivity contribution is 5.79. The summed E-state index contributed by atoms with van der Waals surface area (Å²) in [5, 5.41) is 6.61. The molecule has 1 heterocycles. The largest absolute Gasteiger partial charge is 0.444 e. The van der Waals surface area contributed by atoms with Crippen LogP contribution >= 0.6 is 0 Å². The second-order valence-electron chi connectivity index (χ2n) is 8.21. The number of guanidine groups is 1. The Morgan fingerprint density at radius 3 is 2.65 bits per heavy atom. The maximum atomic E-state index is 12.7. The van der Waals surface area contributed by atoms with Crippen molar-refractivity contribution in [2.45, 2.75) is 66.0 Å². The zero-order chi connectivity index (χ0) is 23.0. The minimum Gasteiger partial charge on any atom is -0.444 e. The molecule has 0 bridgehead atoms. The van der Waals surface area contributed by atoms with E-state index in [0.717, 1.165) is 57.1 Å². The second kappa shape index (κ2) is 15.5. The van der Waals surface area contributed by atoms with Gasteiger partial charge in [0.25, 0.3) is 0 Å². The van der Waals surface area contributed by atoms with Crippen LogP contribution in [0.3, 0.4) is 0 Å². The van der Waals surface area contributed by atoms with Crippen LogP contribution < -0.4 is 10.6 Å². The van der Waals surface area contributed by atoms with Crippen LogP contribution in [0.5, 0.6) is 0 Å². The van der Waals surface area contributed by atoms with Gasteiger partial charge in [0.15, 0.2) is 5.96 Å². The van der Waals surface area contributed by atoms with Gasteiger partial charge >= 0.3 is 6.09 Å². The van der Waals surface area contributed by atoms with Crippen LogP contribution in [0.25, 0.3) is 0 Å². The van der Waals surface area contributed by atoms with Crippen LogP contribution in [0.15, 0.2) is 29.5 Å². The van der Waals surface area contributed by atoms with E-state index in [-0.39, 0.29) is 6.09 Å². The summed E-state index contributed by atoms with van der Waals surface area (Å²) in [5.41, 5.74) is 0.436. The van der Waals surface area contributed by atoms with Crippen LogP contribution in [0.4, 0.5) is 4.79 Å². The molecule has 8 heteroatoms. The van der Waals surface area contributed by atoms with Crippen molar-refractivity contribution < 1.29 is 14.3 Å². The quantitative estimate of drug-likeness (QED) is 0.280. The number of unbranched alkanes of at least 4 members (excludes halogenated alkanes) is 1. The van der Waals surface area contributed by atoms with Crippen molar-refractivity contribution in [3.05, 3.63) is 30.1 Å². The van der Waals surface area contributed by atoms with Crippen LogP contribution in [0.2, 0.25) is 0 Å². The zero-order valence-corrected chi connectivity index (χ0v) is 19.9. The van der Waals surface area contributed by atoms with Gasteiger partial charge in [-0.05, 0) is 65.5 Å². The molecule has 1 rings (SSSR count). The van der Waals surface area contributed by atoms with Crippen LogP contribution in [-0.2, 0) is 16.0 Å². The maximum absolute atomic E-state index is 12.7. The Morgan fingerprint density at radius 1 is 1.19 bits per heavy atom. The second-order valence-corrected chi connectivity index (χ2v) is 8.21. The fourth-order valence-corrected chi connectivity index (χ4v) is 2.75. The number of amides is 1. The summed E-state index contributed by atoms with van der Waals surface area (Å²) < 4.78 is 10.9. The van der Waals surface area contributed by atoms with Gasteiger partial charge in [0.2, 0.25) is 0 Å². The number of ether oxygens (including phenoxy) is 2. The highest BCUT2D eigenvalue weighted by Crippen LogP contribution is 2.13. The van der Waals surface area contributed by atoms with E-state index in [4.69, 9.17) is 9.47 Å². The molecule has 1 amide bonds. The van der Waals surface area contributed by atoms with E-state index in [0.29, 0.717) is 19.6 Å². The number of hydrogen-bond donors (Lipinski definition) is 2. The van der Waals surface area contributed by atoms with Crippen molar-refractivity contribution in [1.29, 1.82) is 0 Å². The van der Waals surface area contributed by atoms with Crippen molar-refractivity contribution in [1.82, 2.24) is 20.5 Å². The van der Waals surface area contributed by atoms with E-state index in [2.05, 4.69) is 20.6 Å². The monoisotopic (exact) mass is 435 g/mol. The minimum absolute atomic E-state index is 0.320. The minimum atomic E-state index is -0.535. The standard InChI is InChI=1S/C23H41N5O3/c1-6-25-21(26-14-8-9-17-30-7-2)27-15-11-16-28(22(29)31-23(3,4)5)19-20-12-10-13-24-18-20/h10,12-13,18H,6-9,11,14-17,19H2,1-5H3,(H2,25,26,27). The number of aromatic nitrogens is 1. The molecule has 0 aliphatic carbocycles. The highest BCUT2D eigenvalue weighted by Gasteiger charge is 2.22. The summed E-state index contributed by atoms with van der Waals surface area (Å²) in [6, 6.07) is 3.83. The molecule has 0 unspecified atom stereocenters. The molecule has 31 heavy (non-hydrogen) atoms. The molecule has 2 N–H and O–H groups in total. The number of hydrogen-bond acceptors (Lipinski definition) is 5. The molecular formula is C23H41N5O3. The third-order valence-corrected chi connectivity index (χ3v) is 4.16. The molecule has 0 saturated heterocycles. The average Bonchev–Trinajstić information content (AvgIpc) is 2.72. The van der Waals surface area contributed by atoms with Crippen molar-refractivity contribution in [2.75, 3.05) is 39.4 Å². The lowest BCUT2D eigenvalue weighted by Gasteiger charge is -2.27. The smallest absolute Gasteiger partial charge is 0.410 e. The van der Waals surface area contributed by atoms with Gasteiger partial charge in [-0.1, -0.05) is 6.07 Å². The molecule has 0 aliphatic heterocycles. The molecule has 8 nitrogen and oxygen atoms in total. The number of rotatable bonds is 13. The molecule has 0 spiro atoms. The molecule has 1 aromatic rings. The number of nitrogens with one attached hydrogen (secondary N) is 2. The third-order valence-electron chi connectivity index (χ3n) is 4.16. The fourth-order valence-electron chi connectivity index (χ4n) is 2.75. The molecular weight excluding hydrogens is 394 g/mol. The molecule has 0 radical (unpaired) electrons. The first-order chi connectivity index (χ1) is 14.9. The molecule has 0 aromatic carbocycles. The Kier molecular flexibility index (Phi) is 13.3. The van der Waals surface area contributed by atoms with Gasteiger partial charge in [-0.3, -0.25) is 9.98 Å². The first-order valence-corrected chi connectivity index (χ1v) is 11.3. The third kappa shape index (κ3) is 13.5. The molecule has 1 aromatic heterocycles. The van der Waals surface area contributed by atoms with Crippen LogP contribution in [0.1, 0.15) is 59.4 Å². The summed E-state index contributed by atoms with van der Waals surface area (Å²) in [7, 11) is 0. The Hall–Kier alpha value is -2.35. The Labute approximate surface area is 187 Å². The summed E-state index contributed by atoms with van der Waals surface area (Å²) in [4.78, 5) is 23.1. The van der Waals surface area contributed by atoms with Gasteiger partial charge in [-0.2, -0.15) is 0 Å². The number of carbonyl (C=O) groups is 1. The first-order valence-electron chi connectivity index (χ1n) is 11.3. The lowest BCUT2D eigenvalue weighted by Crippen LogP contribution is -2.38. The number of nitrogens with zero attached hydrogens (tertiary/aromatic N) is 3. The predicted molar refractivity (Wildman–Crippen MR) is 125 cm³/mol. The Morgan fingerprint density at radius 2 is 2.00 bits per heavy atom. The van der Waals surface area contributed by atoms with Gasteiger partial charge in [-0.15, -0.1) is 0 Å². The van der Waals surface area contributed by atoms with E-state index in [1.807, 2.05) is 46.8 Å². The predicted octanol–water partition coefficient (Wildman–Crippen LogP) is 3.58. The van der Waals surface area contributed by atoms with Crippen LogP contribution in [0, 0.1) is 0 Å². The number of carbonyl (C=O) groups excluding carboxylic acids is 1. The van der Waals surface area contributed by atoms with Crippen molar-refractivity contribution >= 4 is 12.1 Å².